The van der Waals surface area contributed by atoms with Crippen LogP contribution in [-0.4, -0.2) is 68.1 Å². The highest BCUT2D eigenvalue weighted by Gasteiger charge is 2.25. The van der Waals surface area contributed by atoms with Gasteiger partial charge in [0.2, 0.25) is 15.9 Å². The molecule has 6 nitrogen and oxygen atoms in total. The van der Waals surface area contributed by atoms with Crippen LogP contribution in [0, 0.1) is 0 Å². The fourth-order valence-corrected chi connectivity index (χ4v) is 4.78. The van der Waals surface area contributed by atoms with Crippen molar-refractivity contribution in [3.05, 3.63) is 0 Å². The first-order valence-corrected chi connectivity index (χ1v) is 9.43. The van der Waals surface area contributed by atoms with Gasteiger partial charge in [-0.2, -0.15) is 11.8 Å². The number of nitrogens with zero attached hydrogens (tertiary/aromatic N) is 1. The fourth-order valence-electron chi connectivity index (χ4n) is 2.29. The maximum absolute atomic E-state index is 12.0. The summed E-state index contributed by atoms with van der Waals surface area (Å²) in [6.45, 7) is 2.24. The average Bonchev–Trinajstić information content (AvgIpc) is 2.93. The van der Waals surface area contributed by atoms with E-state index in [-0.39, 0.29) is 24.2 Å². The van der Waals surface area contributed by atoms with E-state index >= 15 is 0 Å². The minimum absolute atomic E-state index is 0.00384. The number of thioether (sulfide) groups is 1. The number of carbonyl (C=O) groups is 1. The van der Waals surface area contributed by atoms with E-state index in [1.807, 2.05) is 0 Å². The Kier molecular flexibility index (Phi) is 5.49. The molecule has 0 radical (unpaired) electrons. The van der Waals surface area contributed by atoms with Crippen LogP contribution in [0.15, 0.2) is 0 Å². The smallest absolute Gasteiger partial charge is 0.237 e. The molecule has 0 spiro atoms. The maximum Gasteiger partial charge on any atom is 0.237 e. The first kappa shape index (κ1) is 15.1. The molecule has 110 valence electrons. The van der Waals surface area contributed by atoms with Crippen LogP contribution in [0.4, 0.5) is 0 Å². The lowest BCUT2D eigenvalue weighted by Gasteiger charge is -2.25. The standard InChI is InChI=1S/C11H21N3O3S2/c15-11(10-2-1-3-12-10)13-4-9-19(16,17)14-5-7-18-8-6-14/h10,12H,1-9H2,(H,13,15). The van der Waals surface area contributed by atoms with E-state index < -0.39 is 10.0 Å². The van der Waals surface area contributed by atoms with E-state index in [4.69, 9.17) is 0 Å². The zero-order chi connectivity index (χ0) is 13.7. The summed E-state index contributed by atoms with van der Waals surface area (Å²) >= 11 is 1.78. The Morgan fingerprint density at radius 1 is 1.37 bits per heavy atom. The van der Waals surface area contributed by atoms with Crippen LogP contribution in [-0.2, 0) is 14.8 Å². The molecule has 2 aliphatic rings. The molecule has 0 saturated carbocycles. The van der Waals surface area contributed by atoms with Crippen LogP contribution in [0.5, 0.6) is 0 Å². The summed E-state index contributed by atoms with van der Waals surface area (Å²) < 4.78 is 25.6. The third-order valence-corrected chi connectivity index (χ3v) is 6.21. The third-order valence-electron chi connectivity index (χ3n) is 3.40. The molecule has 0 aliphatic carbocycles. The van der Waals surface area contributed by atoms with Crippen molar-refractivity contribution >= 4 is 27.7 Å². The van der Waals surface area contributed by atoms with Gasteiger partial charge in [-0.3, -0.25) is 4.79 Å². The zero-order valence-electron chi connectivity index (χ0n) is 10.9. The van der Waals surface area contributed by atoms with E-state index in [1.165, 1.54) is 4.31 Å². The van der Waals surface area contributed by atoms with Gasteiger partial charge in [0.1, 0.15) is 0 Å². The van der Waals surface area contributed by atoms with E-state index in [9.17, 15) is 13.2 Å². The number of sulfonamides is 1. The number of rotatable bonds is 5. The fraction of sp³-hybridized carbons (Fsp3) is 0.909. The lowest BCUT2D eigenvalue weighted by Crippen LogP contribution is -2.45. The zero-order valence-corrected chi connectivity index (χ0v) is 12.6. The summed E-state index contributed by atoms with van der Waals surface area (Å²) in [5.74, 6) is 1.63. The summed E-state index contributed by atoms with van der Waals surface area (Å²) in [6, 6.07) is -0.144. The van der Waals surface area contributed by atoms with Gasteiger partial charge in [0, 0.05) is 31.1 Å². The van der Waals surface area contributed by atoms with Crippen molar-refractivity contribution in [3.63, 3.8) is 0 Å². The van der Waals surface area contributed by atoms with E-state index in [0.29, 0.717) is 13.1 Å². The molecule has 2 rings (SSSR count). The predicted molar refractivity (Wildman–Crippen MR) is 76.7 cm³/mol. The maximum atomic E-state index is 12.0. The van der Waals surface area contributed by atoms with Crippen molar-refractivity contribution in [1.82, 2.24) is 14.9 Å². The van der Waals surface area contributed by atoms with Crippen LogP contribution in [0.25, 0.3) is 0 Å². The topological polar surface area (TPSA) is 78.5 Å². The predicted octanol–water partition coefficient (Wildman–Crippen LogP) is -0.767. The monoisotopic (exact) mass is 307 g/mol. The van der Waals surface area contributed by atoms with Gasteiger partial charge in [-0.1, -0.05) is 0 Å². The van der Waals surface area contributed by atoms with Gasteiger partial charge in [0.25, 0.3) is 0 Å². The first-order chi connectivity index (χ1) is 9.09. The number of hydrogen-bond donors (Lipinski definition) is 2. The normalized spacial score (nSPS) is 25.4. The van der Waals surface area contributed by atoms with Crippen molar-refractivity contribution in [1.29, 1.82) is 0 Å². The van der Waals surface area contributed by atoms with Crippen molar-refractivity contribution < 1.29 is 13.2 Å². The Hall–Kier alpha value is -0.310. The Morgan fingerprint density at radius 3 is 2.74 bits per heavy atom. The molecule has 0 aromatic rings. The molecule has 0 aromatic carbocycles. The van der Waals surface area contributed by atoms with E-state index in [2.05, 4.69) is 10.6 Å². The molecular weight excluding hydrogens is 286 g/mol. The van der Waals surface area contributed by atoms with Crippen LogP contribution in [0.3, 0.4) is 0 Å². The van der Waals surface area contributed by atoms with Gasteiger partial charge < -0.3 is 10.6 Å². The van der Waals surface area contributed by atoms with Crippen LogP contribution in [0.1, 0.15) is 12.8 Å². The minimum Gasteiger partial charge on any atom is -0.354 e. The van der Waals surface area contributed by atoms with Gasteiger partial charge >= 0.3 is 0 Å². The van der Waals surface area contributed by atoms with Crippen molar-refractivity contribution in [2.75, 3.05) is 43.4 Å². The largest absolute Gasteiger partial charge is 0.354 e. The van der Waals surface area contributed by atoms with Crippen molar-refractivity contribution in [3.8, 4) is 0 Å². The van der Waals surface area contributed by atoms with Crippen LogP contribution in [0.2, 0.25) is 0 Å². The lowest BCUT2D eigenvalue weighted by atomic mass is 10.2. The first-order valence-electron chi connectivity index (χ1n) is 6.66. The quantitative estimate of drug-likeness (QED) is 0.698. The molecule has 19 heavy (non-hydrogen) atoms. The second-order valence-electron chi connectivity index (χ2n) is 4.77. The average molecular weight is 307 g/mol. The van der Waals surface area contributed by atoms with Gasteiger partial charge in [0.05, 0.1) is 11.8 Å². The molecule has 2 fully saturated rings. The Morgan fingerprint density at radius 2 is 2.11 bits per heavy atom. The molecule has 2 aliphatic heterocycles. The SMILES string of the molecule is O=C(NCCS(=O)(=O)N1CCSCC1)C1CCCN1. The minimum atomic E-state index is -3.22. The summed E-state index contributed by atoms with van der Waals surface area (Å²) in [4.78, 5) is 11.7. The van der Waals surface area contributed by atoms with Gasteiger partial charge in [-0.05, 0) is 19.4 Å². The molecule has 0 bridgehead atoms. The highest BCUT2D eigenvalue weighted by molar-refractivity contribution is 7.99. The lowest BCUT2D eigenvalue weighted by molar-refractivity contribution is -0.122. The molecule has 8 heteroatoms. The highest BCUT2D eigenvalue weighted by Crippen LogP contribution is 2.13. The summed E-state index contributed by atoms with van der Waals surface area (Å²) in [7, 11) is -3.22. The van der Waals surface area contributed by atoms with E-state index in [0.717, 1.165) is 30.9 Å². The Balaban J connectivity index is 1.73. The molecule has 2 N–H and O–H groups in total. The van der Waals surface area contributed by atoms with Crippen molar-refractivity contribution in [2.24, 2.45) is 0 Å². The molecule has 0 aromatic heterocycles. The molecule has 1 unspecified atom stereocenters. The second kappa shape index (κ2) is 6.92. The highest BCUT2D eigenvalue weighted by atomic mass is 32.2. The Labute approximate surface area is 118 Å². The molecule has 2 heterocycles. The Bertz CT molecular complexity index is 401. The summed E-state index contributed by atoms with van der Waals surface area (Å²) in [5, 5.41) is 5.80. The number of hydrogen-bond acceptors (Lipinski definition) is 5. The molecule has 1 amide bonds. The summed E-state index contributed by atoms with van der Waals surface area (Å²) in [5.41, 5.74) is 0. The van der Waals surface area contributed by atoms with Gasteiger partial charge in [0.15, 0.2) is 0 Å². The van der Waals surface area contributed by atoms with Crippen LogP contribution >= 0.6 is 11.8 Å². The molecule has 1 atom stereocenters. The number of nitrogens with one attached hydrogen (secondary N) is 2. The van der Waals surface area contributed by atoms with Crippen molar-refractivity contribution in [2.45, 2.75) is 18.9 Å². The van der Waals surface area contributed by atoms with Gasteiger partial charge in [-0.15, -0.1) is 0 Å². The molecular formula is C11H21N3O3S2. The second-order valence-corrected chi connectivity index (χ2v) is 8.08. The van der Waals surface area contributed by atoms with Crippen LogP contribution < -0.4 is 10.6 Å². The number of amides is 1. The summed E-state index contributed by atoms with van der Waals surface area (Å²) in [6.07, 6.45) is 1.84. The number of carbonyl (C=O) groups excluding carboxylic acids is 1. The third kappa shape index (κ3) is 4.34. The van der Waals surface area contributed by atoms with E-state index in [1.54, 1.807) is 11.8 Å². The molecule has 2 saturated heterocycles. The van der Waals surface area contributed by atoms with Gasteiger partial charge in [-0.25, -0.2) is 12.7 Å².